The van der Waals surface area contributed by atoms with Gasteiger partial charge in [-0.2, -0.15) is 0 Å². The number of rotatable bonds is 1. The minimum Gasteiger partial charge on any atom is -0.306 e. The fraction of sp³-hybridized carbons (Fsp3) is 0.750. The number of allylic oxidation sites excluding steroid dienone is 2. The molecule has 0 aromatic heterocycles. The zero-order chi connectivity index (χ0) is 8.43. The molecule has 3 unspecified atom stereocenters. The molecule has 3 atom stereocenters. The highest BCUT2D eigenvalue weighted by atomic mass is 32.2. The lowest BCUT2D eigenvalue weighted by Crippen LogP contribution is -2.25. The van der Waals surface area contributed by atoms with Crippen molar-refractivity contribution in [1.82, 2.24) is 0 Å². The van der Waals surface area contributed by atoms with E-state index in [1.807, 2.05) is 6.92 Å². The second-order valence-electron chi connectivity index (χ2n) is 3.23. The summed E-state index contributed by atoms with van der Waals surface area (Å²) in [6.07, 6.45) is 3.93. The van der Waals surface area contributed by atoms with Gasteiger partial charge in [-0.1, -0.05) is 18.6 Å². The van der Waals surface area contributed by atoms with Crippen molar-refractivity contribution in [2.75, 3.05) is 0 Å². The first-order valence-corrected chi connectivity index (χ1v) is 5.05. The Hall–Kier alpha value is -0.150. The lowest BCUT2D eigenvalue weighted by Gasteiger charge is -2.23. The third-order valence-corrected chi connectivity index (χ3v) is 3.40. The van der Waals surface area contributed by atoms with Crippen LogP contribution in [0.15, 0.2) is 11.6 Å². The van der Waals surface area contributed by atoms with E-state index in [1.54, 1.807) is 0 Å². The van der Waals surface area contributed by atoms with E-state index in [1.165, 1.54) is 5.57 Å². The third kappa shape index (κ3) is 2.14. The Balaban J connectivity index is 2.68. The normalized spacial score (nSPS) is 34.6. The first kappa shape index (κ1) is 8.94. The lowest BCUT2D eigenvalue weighted by molar-refractivity contribution is 0.497. The van der Waals surface area contributed by atoms with Crippen LogP contribution in [0.1, 0.15) is 26.7 Å². The smallest absolute Gasteiger partial charge is 0.156 e. The molecule has 0 aromatic carbocycles. The van der Waals surface area contributed by atoms with Crippen molar-refractivity contribution in [2.45, 2.75) is 31.9 Å². The quantitative estimate of drug-likeness (QED) is 0.487. The van der Waals surface area contributed by atoms with Gasteiger partial charge in [-0.25, -0.2) is 4.21 Å². The van der Waals surface area contributed by atoms with Crippen molar-refractivity contribution in [2.24, 2.45) is 5.92 Å². The molecule has 1 rings (SSSR count). The highest BCUT2D eigenvalue weighted by Crippen LogP contribution is 2.25. The monoisotopic (exact) mass is 174 g/mol. The van der Waals surface area contributed by atoms with Gasteiger partial charge in [0, 0.05) is 0 Å². The molecule has 0 aliphatic heterocycles. The molecule has 1 aliphatic carbocycles. The summed E-state index contributed by atoms with van der Waals surface area (Å²) in [6.45, 7) is 4.08. The molecular weight excluding hydrogens is 160 g/mol. The molecule has 0 amide bonds. The van der Waals surface area contributed by atoms with Crippen molar-refractivity contribution in [3.05, 3.63) is 11.6 Å². The molecular formula is C8H14O2S. The highest BCUT2D eigenvalue weighted by molar-refractivity contribution is 7.79. The Morgan fingerprint density at radius 3 is 2.82 bits per heavy atom. The molecule has 0 radical (unpaired) electrons. The van der Waals surface area contributed by atoms with Gasteiger partial charge < -0.3 is 4.55 Å². The summed E-state index contributed by atoms with van der Waals surface area (Å²) >= 11 is -1.64. The van der Waals surface area contributed by atoms with Crippen LogP contribution in [0, 0.1) is 5.92 Å². The Kier molecular flexibility index (Phi) is 2.84. The summed E-state index contributed by atoms with van der Waals surface area (Å²) < 4.78 is 19.6. The average molecular weight is 174 g/mol. The Bertz CT molecular complexity index is 198. The first-order chi connectivity index (χ1) is 5.11. The van der Waals surface area contributed by atoms with E-state index in [9.17, 15) is 4.21 Å². The van der Waals surface area contributed by atoms with Crippen LogP contribution in [0.25, 0.3) is 0 Å². The van der Waals surface area contributed by atoms with Gasteiger partial charge in [-0.3, -0.25) is 0 Å². The standard InChI is InChI=1S/C8H14O2S/c1-6-3-4-8(11(9)10)7(2)5-6/h5,7-8H,3-4H2,1-2H3,(H,9,10). The Morgan fingerprint density at radius 1 is 1.73 bits per heavy atom. The molecule has 0 saturated carbocycles. The lowest BCUT2D eigenvalue weighted by atomic mass is 9.92. The van der Waals surface area contributed by atoms with E-state index in [4.69, 9.17) is 4.55 Å². The molecule has 0 saturated heterocycles. The molecule has 0 heterocycles. The van der Waals surface area contributed by atoms with E-state index < -0.39 is 11.1 Å². The topological polar surface area (TPSA) is 37.3 Å². The average Bonchev–Trinajstić information content (AvgIpc) is 1.85. The van der Waals surface area contributed by atoms with Crippen molar-refractivity contribution >= 4 is 11.1 Å². The molecule has 0 spiro atoms. The van der Waals surface area contributed by atoms with Crippen LogP contribution in [0.5, 0.6) is 0 Å². The molecule has 2 nitrogen and oxygen atoms in total. The Labute approximate surface area is 70.0 Å². The van der Waals surface area contributed by atoms with Crippen molar-refractivity contribution < 1.29 is 8.76 Å². The van der Waals surface area contributed by atoms with Gasteiger partial charge in [-0.05, 0) is 25.7 Å². The van der Waals surface area contributed by atoms with Crippen LogP contribution in [0.3, 0.4) is 0 Å². The number of hydrogen-bond acceptors (Lipinski definition) is 1. The zero-order valence-corrected chi connectivity index (χ0v) is 7.73. The fourth-order valence-electron chi connectivity index (χ4n) is 1.56. The molecule has 3 heteroatoms. The summed E-state index contributed by atoms with van der Waals surface area (Å²) in [5, 5.41) is -0.0429. The van der Waals surface area contributed by atoms with Gasteiger partial charge in [0.25, 0.3) is 0 Å². The maximum Gasteiger partial charge on any atom is 0.156 e. The molecule has 64 valence electrons. The van der Waals surface area contributed by atoms with Crippen molar-refractivity contribution in [3.8, 4) is 0 Å². The largest absolute Gasteiger partial charge is 0.306 e. The summed E-state index contributed by atoms with van der Waals surface area (Å²) in [4.78, 5) is 0. The predicted octanol–water partition coefficient (Wildman–Crippen LogP) is 1.95. The van der Waals surface area contributed by atoms with E-state index >= 15 is 0 Å². The maximum absolute atomic E-state index is 10.8. The Morgan fingerprint density at radius 2 is 2.36 bits per heavy atom. The van der Waals surface area contributed by atoms with Crippen LogP contribution in [-0.4, -0.2) is 14.0 Å². The summed E-state index contributed by atoms with van der Waals surface area (Å²) in [5.74, 6) is 0.259. The molecule has 0 bridgehead atoms. The molecule has 1 N–H and O–H groups in total. The molecule has 0 fully saturated rings. The van der Waals surface area contributed by atoms with Crippen LogP contribution >= 0.6 is 0 Å². The number of hydrogen-bond donors (Lipinski definition) is 1. The van der Waals surface area contributed by atoms with Crippen molar-refractivity contribution in [1.29, 1.82) is 0 Å². The third-order valence-electron chi connectivity index (χ3n) is 2.22. The van der Waals surface area contributed by atoms with E-state index in [0.717, 1.165) is 12.8 Å². The molecule has 1 aliphatic rings. The van der Waals surface area contributed by atoms with Crippen LogP contribution < -0.4 is 0 Å². The van der Waals surface area contributed by atoms with Gasteiger partial charge >= 0.3 is 0 Å². The first-order valence-electron chi connectivity index (χ1n) is 3.88. The second-order valence-corrected chi connectivity index (χ2v) is 4.38. The summed E-state index contributed by atoms with van der Waals surface area (Å²) in [7, 11) is 0. The van der Waals surface area contributed by atoms with Crippen molar-refractivity contribution in [3.63, 3.8) is 0 Å². The SMILES string of the molecule is CC1=CC(C)C(S(=O)O)CC1. The van der Waals surface area contributed by atoms with Gasteiger partial charge in [-0.15, -0.1) is 0 Å². The van der Waals surface area contributed by atoms with Gasteiger partial charge in [0.1, 0.15) is 0 Å². The highest BCUT2D eigenvalue weighted by Gasteiger charge is 2.24. The molecule has 11 heavy (non-hydrogen) atoms. The summed E-state index contributed by atoms with van der Waals surface area (Å²) in [5.41, 5.74) is 1.35. The van der Waals surface area contributed by atoms with Crippen LogP contribution in [0.2, 0.25) is 0 Å². The van der Waals surface area contributed by atoms with E-state index in [-0.39, 0.29) is 11.2 Å². The molecule has 0 aromatic rings. The minimum atomic E-state index is -1.64. The zero-order valence-electron chi connectivity index (χ0n) is 6.91. The van der Waals surface area contributed by atoms with Gasteiger partial charge in [0.15, 0.2) is 11.1 Å². The summed E-state index contributed by atoms with van der Waals surface area (Å²) in [6, 6.07) is 0. The van der Waals surface area contributed by atoms with E-state index in [0.29, 0.717) is 0 Å². The fourth-order valence-corrected chi connectivity index (χ4v) is 2.32. The maximum atomic E-state index is 10.8. The minimum absolute atomic E-state index is 0.0429. The van der Waals surface area contributed by atoms with E-state index in [2.05, 4.69) is 13.0 Å². The predicted molar refractivity (Wildman–Crippen MR) is 46.7 cm³/mol. The van der Waals surface area contributed by atoms with Crippen LogP contribution in [0.4, 0.5) is 0 Å². The van der Waals surface area contributed by atoms with Gasteiger partial charge in [0.2, 0.25) is 0 Å². The second kappa shape index (κ2) is 3.50. The van der Waals surface area contributed by atoms with Gasteiger partial charge in [0.05, 0.1) is 5.25 Å². The van der Waals surface area contributed by atoms with Crippen LogP contribution in [-0.2, 0) is 11.1 Å².